The fraction of sp³-hybridized carbons (Fsp3) is 0.250. The van der Waals surface area contributed by atoms with E-state index in [9.17, 15) is 14.4 Å². The highest BCUT2D eigenvalue weighted by atomic mass is 35.5. The molecule has 1 heterocycles. The largest absolute Gasteiger partial charge is 0.326 e. The predicted octanol–water partition coefficient (Wildman–Crippen LogP) is 3.74. The molecule has 0 aliphatic carbocycles. The summed E-state index contributed by atoms with van der Waals surface area (Å²) in [6.07, 6.45) is 0.339. The monoisotopic (exact) mass is 385 g/mol. The number of amides is 4. The Bertz CT molecular complexity index is 857. The molecule has 2 aromatic carbocycles. The zero-order valence-electron chi connectivity index (χ0n) is 14.8. The van der Waals surface area contributed by atoms with Gasteiger partial charge >= 0.3 is 6.03 Å². The van der Waals surface area contributed by atoms with Crippen molar-refractivity contribution < 1.29 is 14.4 Å². The van der Waals surface area contributed by atoms with Crippen molar-refractivity contribution >= 4 is 35.1 Å². The molecule has 1 aliphatic rings. The molecule has 2 atom stereocenters. The van der Waals surface area contributed by atoms with Gasteiger partial charge in [-0.1, -0.05) is 48.0 Å². The first-order chi connectivity index (χ1) is 13.0. The standard InChI is InChI=1S/C20H20ClN3O3/c1-13(14-6-3-2-4-7-14)24-19(26)17(23-20(24)27)10-11-18(25)22-16-9-5-8-15(21)12-16/h2-9,12-13,17H,10-11H2,1H3,(H,22,25)(H,23,27)/t13-,17-/m1/s1. The van der Waals surface area contributed by atoms with Crippen LogP contribution in [-0.2, 0) is 9.59 Å². The Balaban J connectivity index is 1.58. The van der Waals surface area contributed by atoms with Crippen molar-refractivity contribution in [1.29, 1.82) is 0 Å². The summed E-state index contributed by atoms with van der Waals surface area (Å²) in [5.41, 5.74) is 1.47. The zero-order valence-corrected chi connectivity index (χ0v) is 15.6. The lowest BCUT2D eigenvalue weighted by Crippen LogP contribution is -2.34. The Labute approximate surface area is 162 Å². The van der Waals surface area contributed by atoms with Gasteiger partial charge in [0.15, 0.2) is 0 Å². The highest BCUT2D eigenvalue weighted by Gasteiger charge is 2.40. The Kier molecular flexibility index (Phi) is 5.76. The average Bonchev–Trinajstić information content (AvgIpc) is 2.94. The number of carbonyl (C=O) groups excluding carboxylic acids is 3. The van der Waals surface area contributed by atoms with Gasteiger partial charge in [-0.05, 0) is 37.1 Å². The van der Waals surface area contributed by atoms with E-state index in [4.69, 9.17) is 11.6 Å². The summed E-state index contributed by atoms with van der Waals surface area (Å²) in [5, 5.41) is 5.93. The third-order valence-electron chi connectivity index (χ3n) is 4.49. The van der Waals surface area contributed by atoms with Crippen molar-refractivity contribution in [2.45, 2.75) is 31.8 Å². The third-order valence-corrected chi connectivity index (χ3v) is 4.72. The minimum Gasteiger partial charge on any atom is -0.326 e. The van der Waals surface area contributed by atoms with Crippen molar-refractivity contribution in [3.8, 4) is 0 Å². The van der Waals surface area contributed by atoms with Crippen LogP contribution in [0.25, 0.3) is 0 Å². The summed E-state index contributed by atoms with van der Waals surface area (Å²) in [4.78, 5) is 38.2. The van der Waals surface area contributed by atoms with Crippen molar-refractivity contribution in [3.05, 3.63) is 65.2 Å². The van der Waals surface area contributed by atoms with E-state index in [1.165, 1.54) is 4.90 Å². The van der Waals surface area contributed by atoms with Gasteiger partial charge in [-0.2, -0.15) is 0 Å². The molecule has 0 aromatic heterocycles. The lowest BCUT2D eigenvalue weighted by atomic mass is 10.1. The molecule has 0 spiro atoms. The summed E-state index contributed by atoms with van der Waals surface area (Å²) in [6, 6.07) is 14.7. The van der Waals surface area contributed by atoms with Gasteiger partial charge < -0.3 is 10.6 Å². The van der Waals surface area contributed by atoms with Crippen LogP contribution in [0.3, 0.4) is 0 Å². The molecule has 2 aromatic rings. The SMILES string of the molecule is C[C@H](c1ccccc1)N1C(=O)N[C@H](CCC(=O)Nc2cccc(Cl)c2)C1=O. The molecule has 27 heavy (non-hydrogen) atoms. The van der Waals surface area contributed by atoms with Crippen LogP contribution in [0.4, 0.5) is 10.5 Å². The number of imide groups is 1. The van der Waals surface area contributed by atoms with Gasteiger partial charge in [0.1, 0.15) is 6.04 Å². The molecule has 0 unspecified atom stereocenters. The highest BCUT2D eigenvalue weighted by molar-refractivity contribution is 6.30. The van der Waals surface area contributed by atoms with E-state index < -0.39 is 12.1 Å². The van der Waals surface area contributed by atoms with Crippen molar-refractivity contribution in [2.75, 3.05) is 5.32 Å². The molecule has 3 rings (SSSR count). The second-order valence-electron chi connectivity index (χ2n) is 6.39. The molecule has 1 saturated heterocycles. The molecule has 2 N–H and O–H groups in total. The quantitative estimate of drug-likeness (QED) is 0.743. The molecule has 0 radical (unpaired) electrons. The fourth-order valence-corrected chi connectivity index (χ4v) is 3.25. The van der Waals surface area contributed by atoms with E-state index in [-0.39, 0.29) is 30.7 Å². The second kappa shape index (κ2) is 8.22. The minimum absolute atomic E-state index is 0.108. The number of anilines is 1. The first kappa shape index (κ1) is 18.9. The average molecular weight is 386 g/mol. The number of urea groups is 1. The zero-order chi connectivity index (χ0) is 19.4. The van der Waals surface area contributed by atoms with Gasteiger partial charge in [0, 0.05) is 17.1 Å². The van der Waals surface area contributed by atoms with Gasteiger partial charge in [-0.3, -0.25) is 14.5 Å². The summed E-state index contributed by atoms with van der Waals surface area (Å²) >= 11 is 5.89. The lowest BCUT2D eigenvalue weighted by Gasteiger charge is -2.21. The Hall–Kier alpha value is -2.86. The van der Waals surface area contributed by atoms with Crippen LogP contribution in [0.15, 0.2) is 54.6 Å². The smallest absolute Gasteiger partial charge is 0.325 e. The van der Waals surface area contributed by atoms with E-state index >= 15 is 0 Å². The van der Waals surface area contributed by atoms with E-state index in [2.05, 4.69) is 10.6 Å². The normalized spacial score (nSPS) is 17.6. The third kappa shape index (κ3) is 4.46. The van der Waals surface area contributed by atoms with Gasteiger partial charge in [-0.25, -0.2) is 4.79 Å². The van der Waals surface area contributed by atoms with Gasteiger partial charge in [-0.15, -0.1) is 0 Å². The number of rotatable bonds is 6. The van der Waals surface area contributed by atoms with Crippen LogP contribution in [0, 0.1) is 0 Å². The Morgan fingerprint density at radius 3 is 2.63 bits per heavy atom. The van der Waals surface area contributed by atoms with Gasteiger partial charge in [0.2, 0.25) is 5.91 Å². The van der Waals surface area contributed by atoms with Crippen LogP contribution in [0.5, 0.6) is 0 Å². The number of hydrogen-bond acceptors (Lipinski definition) is 3. The van der Waals surface area contributed by atoms with Crippen LogP contribution in [0.2, 0.25) is 5.02 Å². The topological polar surface area (TPSA) is 78.5 Å². The maximum absolute atomic E-state index is 12.6. The molecule has 1 aliphatic heterocycles. The fourth-order valence-electron chi connectivity index (χ4n) is 3.06. The van der Waals surface area contributed by atoms with E-state index in [1.807, 2.05) is 30.3 Å². The van der Waals surface area contributed by atoms with Gasteiger partial charge in [0.05, 0.1) is 6.04 Å². The maximum Gasteiger partial charge on any atom is 0.325 e. The van der Waals surface area contributed by atoms with E-state index in [0.717, 1.165) is 5.56 Å². The summed E-state index contributed by atoms with van der Waals surface area (Å²) < 4.78 is 0. The molecule has 7 heteroatoms. The molecule has 0 saturated carbocycles. The first-order valence-corrected chi connectivity index (χ1v) is 9.07. The van der Waals surface area contributed by atoms with Crippen molar-refractivity contribution in [2.24, 2.45) is 0 Å². The number of carbonyl (C=O) groups is 3. The lowest BCUT2D eigenvalue weighted by molar-refractivity contribution is -0.129. The number of benzene rings is 2. The summed E-state index contributed by atoms with van der Waals surface area (Å²) in [6.45, 7) is 1.81. The molecule has 6 nitrogen and oxygen atoms in total. The van der Waals surface area contributed by atoms with Crippen molar-refractivity contribution in [3.63, 3.8) is 0 Å². The molecule has 140 valence electrons. The summed E-state index contributed by atoms with van der Waals surface area (Å²) in [7, 11) is 0. The number of nitrogens with one attached hydrogen (secondary N) is 2. The number of nitrogens with zero attached hydrogens (tertiary/aromatic N) is 1. The molecule has 0 bridgehead atoms. The minimum atomic E-state index is -0.700. The van der Waals surface area contributed by atoms with Gasteiger partial charge in [0.25, 0.3) is 5.91 Å². The molecular formula is C20H20ClN3O3. The van der Waals surface area contributed by atoms with Crippen LogP contribution < -0.4 is 10.6 Å². The van der Waals surface area contributed by atoms with Crippen LogP contribution in [-0.4, -0.2) is 28.8 Å². The Morgan fingerprint density at radius 2 is 1.93 bits per heavy atom. The van der Waals surface area contributed by atoms with Crippen LogP contribution in [0.1, 0.15) is 31.4 Å². The van der Waals surface area contributed by atoms with E-state index in [0.29, 0.717) is 10.7 Å². The molecular weight excluding hydrogens is 366 g/mol. The molecule has 1 fully saturated rings. The number of halogens is 1. The second-order valence-corrected chi connectivity index (χ2v) is 6.83. The maximum atomic E-state index is 12.6. The predicted molar refractivity (Wildman–Crippen MR) is 103 cm³/mol. The molecule has 4 amide bonds. The Morgan fingerprint density at radius 1 is 1.19 bits per heavy atom. The first-order valence-electron chi connectivity index (χ1n) is 8.69. The van der Waals surface area contributed by atoms with Crippen molar-refractivity contribution in [1.82, 2.24) is 10.2 Å². The highest BCUT2D eigenvalue weighted by Crippen LogP contribution is 2.25. The van der Waals surface area contributed by atoms with Crippen LogP contribution >= 0.6 is 11.6 Å². The van der Waals surface area contributed by atoms with E-state index in [1.54, 1.807) is 31.2 Å². The summed E-state index contributed by atoms with van der Waals surface area (Å²) in [5.74, 6) is -0.555. The number of hydrogen-bond donors (Lipinski definition) is 2.